The van der Waals surface area contributed by atoms with Crippen LogP contribution in [-0.4, -0.2) is 6.03 Å². The van der Waals surface area contributed by atoms with Crippen LogP contribution in [0.5, 0.6) is 0 Å². The average molecular weight is 348 g/mol. The van der Waals surface area contributed by atoms with Crippen LogP contribution in [0.4, 0.5) is 32.4 Å². The van der Waals surface area contributed by atoms with E-state index in [1.807, 2.05) is 0 Å². The first-order valence-electron chi connectivity index (χ1n) is 6.75. The van der Waals surface area contributed by atoms with Gasteiger partial charge in [-0.25, -0.2) is 13.6 Å². The molecule has 0 aliphatic carbocycles. The van der Waals surface area contributed by atoms with Crippen molar-refractivity contribution in [2.75, 3.05) is 5.32 Å². The lowest BCUT2D eigenvalue weighted by Gasteiger charge is -2.13. The second kappa shape index (κ2) is 6.90. The average Bonchev–Trinajstić information content (AvgIpc) is 2.89. The highest BCUT2D eigenvalue weighted by molar-refractivity contribution is 5.89. The van der Waals surface area contributed by atoms with Crippen molar-refractivity contribution in [3.05, 3.63) is 53.0 Å². The van der Waals surface area contributed by atoms with Gasteiger partial charge in [-0.2, -0.15) is 13.2 Å². The summed E-state index contributed by atoms with van der Waals surface area (Å²) >= 11 is 0. The van der Waals surface area contributed by atoms with Crippen LogP contribution in [0.25, 0.3) is 0 Å². The van der Waals surface area contributed by atoms with E-state index in [0.717, 1.165) is 6.07 Å². The molecule has 0 unspecified atom stereocenters. The van der Waals surface area contributed by atoms with E-state index in [9.17, 15) is 26.7 Å². The predicted octanol–water partition coefficient (Wildman–Crippen LogP) is 4.87. The van der Waals surface area contributed by atoms with Crippen molar-refractivity contribution < 1.29 is 31.2 Å². The third-order valence-corrected chi connectivity index (χ3v) is 3.01. The maximum atomic E-state index is 12.7. The summed E-state index contributed by atoms with van der Waals surface area (Å²) in [4.78, 5) is 11.7. The largest absolute Gasteiger partial charge is 0.465 e. The third kappa shape index (κ3) is 4.71. The molecule has 0 aliphatic heterocycles. The SMILES string of the molecule is Cc1ccc(CNC(=O)Nc2cc(C(F)F)cc(C(F)(F)F)c2)o1. The smallest absolute Gasteiger partial charge is 0.416 e. The van der Waals surface area contributed by atoms with Crippen LogP contribution in [0.2, 0.25) is 0 Å². The van der Waals surface area contributed by atoms with Gasteiger partial charge in [-0.05, 0) is 37.3 Å². The maximum absolute atomic E-state index is 12.7. The minimum atomic E-state index is -4.80. The van der Waals surface area contributed by atoms with Gasteiger partial charge in [0, 0.05) is 11.3 Å². The van der Waals surface area contributed by atoms with Crippen molar-refractivity contribution in [1.29, 1.82) is 0 Å². The number of carbonyl (C=O) groups is 1. The van der Waals surface area contributed by atoms with Crippen LogP contribution >= 0.6 is 0 Å². The van der Waals surface area contributed by atoms with E-state index in [1.54, 1.807) is 19.1 Å². The molecular weight excluding hydrogens is 335 g/mol. The van der Waals surface area contributed by atoms with Gasteiger partial charge < -0.3 is 15.1 Å². The first-order chi connectivity index (χ1) is 11.1. The van der Waals surface area contributed by atoms with E-state index >= 15 is 0 Å². The zero-order chi connectivity index (χ0) is 17.9. The normalized spacial score (nSPS) is 11.6. The topological polar surface area (TPSA) is 54.3 Å². The predicted molar refractivity (Wildman–Crippen MR) is 75.7 cm³/mol. The highest BCUT2D eigenvalue weighted by Crippen LogP contribution is 2.34. The van der Waals surface area contributed by atoms with Crippen LogP contribution in [-0.2, 0) is 12.7 Å². The molecule has 2 aromatic rings. The summed E-state index contributed by atoms with van der Waals surface area (Å²) in [6.07, 6.45) is -7.90. The maximum Gasteiger partial charge on any atom is 0.416 e. The Morgan fingerprint density at radius 2 is 1.92 bits per heavy atom. The Labute approximate surface area is 133 Å². The van der Waals surface area contributed by atoms with Gasteiger partial charge in [-0.3, -0.25) is 0 Å². The molecule has 0 bridgehead atoms. The zero-order valence-corrected chi connectivity index (χ0v) is 12.4. The molecule has 0 fully saturated rings. The van der Waals surface area contributed by atoms with Crippen molar-refractivity contribution in [3.8, 4) is 0 Å². The summed E-state index contributed by atoms with van der Waals surface area (Å²) in [6, 6.07) is 4.17. The number of urea groups is 1. The van der Waals surface area contributed by atoms with Gasteiger partial charge >= 0.3 is 12.2 Å². The van der Waals surface area contributed by atoms with Crippen molar-refractivity contribution >= 4 is 11.7 Å². The van der Waals surface area contributed by atoms with Gasteiger partial charge in [0.2, 0.25) is 0 Å². The molecule has 9 heteroatoms. The molecule has 2 amide bonds. The highest BCUT2D eigenvalue weighted by Gasteiger charge is 2.32. The van der Waals surface area contributed by atoms with Gasteiger partial charge in [-0.1, -0.05) is 0 Å². The number of alkyl halides is 5. The molecule has 130 valence electrons. The van der Waals surface area contributed by atoms with Gasteiger partial charge in [0.1, 0.15) is 11.5 Å². The molecule has 0 saturated heterocycles. The molecule has 0 spiro atoms. The summed E-state index contributed by atoms with van der Waals surface area (Å²) < 4.78 is 68.8. The lowest BCUT2D eigenvalue weighted by Crippen LogP contribution is -2.28. The first kappa shape index (κ1) is 17.8. The van der Waals surface area contributed by atoms with Crippen molar-refractivity contribution in [2.45, 2.75) is 26.1 Å². The molecule has 1 aromatic carbocycles. The van der Waals surface area contributed by atoms with E-state index < -0.39 is 29.8 Å². The second-order valence-corrected chi connectivity index (χ2v) is 4.96. The molecule has 0 aliphatic rings. The van der Waals surface area contributed by atoms with Crippen molar-refractivity contribution in [3.63, 3.8) is 0 Å². The Bertz CT molecular complexity index is 725. The number of hydrogen-bond acceptors (Lipinski definition) is 2. The summed E-state index contributed by atoms with van der Waals surface area (Å²) in [5.74, 6) is 1.08. The Kier molecular flexibility index (Phi) is 5.10. The number of amides is 2. The number of anilines is 1. The Morgan fingerprint density at radius 3 is 2.46 bits per heavy atom. The number of benzene rings is 1. The first-order valence-corrected chi connectivity index (χ1v) is 6.75. The number of rotatable bonds is 4. The minimum absolute atomic E-state index is 0.000337. The summed E-state index contributed by atoms with van der Waals surface area (Å²) in [6.45, 7) is 1.71. The molecule has 24 heavy (non-hydrogen) atoms. The van der Waals surface area contributed by atoms with Gasteiger partial charge in [0.25, 0.3) is 6.43 Å². The van der Waals surface area contributed by atoms with Crippen LogP contribution in [0.1, 0.15) is 29.1 Å². The Morgan fingerprint density at radius 1 is 1.21 bits per heavy atom. The fourth-order valence-electron chi connectivity index (χ4n) is 1.94. The zero-order valence-electron chi connectivity index (χ0n) is 12.4. The van der Waals surface area contributed by atoms with Crippen LogP contribution < -0.4 is 10.6 Å². The number of nitrogens with one attached hydrogen (secondary N) is 2. The Hall–Kier alpha value is -2.58. The number of carbonyl (C=O) groups excluding carboxylic acids is 1. The highest BCUT2D eigenvalue weighted by atomic mass is 19.4. The summed E-state index contributed by atoms with van der Waals surface area (Å²) in [5.41, 5.74) is -2.48. The molecule has 1 aromatic heterocycles. The quantitative estimate of drug-likeness (QED) is 0.775. The molecule has 0 radical (unpaired) electrons. The monoisotopic (exact) mass is 348 g/mol. The lowest BCUT2D eigenvalue weighted by atomic mass is 10.1. The molecule has 2 rings (SSSR count). The van der Waals surface area contributed by atoms with E-state index in [1.165, 1.54) is 0 Å². The standard InChI is InChI=1S/C15H13F5N2O2/c1-8-2-3-12(24-8)7-21-14(23)22-11-5-9(13(16)17)4-10(6-11)15(18,19)20/h2-6,13H,7H2,1H3,(H2,21,22,23). The van der Waals surface area contributed by atoms with Gasteiger partial charge in [0.05, 0.1) is 12.1 Å². The van der Waals surface area contributed by atoms with Crippen molar-refractivity contribution in [1.82, 2.24) is 5.32 Å². The number of hydrogen-bond donors (Lipinski definition) is 2. The minimum Gasteiger partial charge on any atom is -0.465 e. The lowest BCUT2D eigenvalue weighted by molar-refractivity contribution is -0.137. The second-order valence-electron chi connectivity index (χ2n) is 4.96. The van der Waals surface area contributed by atoms with E-state index in [0.29, 0.717) is 23.7 Å². The molecule has 0 saturated carbocycles. The fourth-order valence-corrected chi connectivity index (χ4v) is 1.94. The molecule has 4 nitrogen and oxygen atoms in total. The van der Waals surface area contributed by atoms with Gasteiger partial charge in [0.15, 0.2) is 0 Å². The number of aryl methyl sites for hydroxylation is 1. The number of halogens is 5. The Balaban J connectivity index is 2.10. The van der Waals surface area contributed by atoms with Crippen molar-refractivity contribution in [2.24, 2.45) is 0 Å². The molecule has 0 atom stereocenters. The number of furan rings is 1. The van der Waals surface area contributed by atoms with E-state index in [2.05, 4.69) is 10.6 Å². The van der Waals surface area contributed by atoms with Crippen LogP contribution in [0.15, 0.2) is 34.7 Å². The summed E-state index contributed by atoms with van der Waals surface area (Å²) in [7, 11) is 0. The van der Waals surface area contributed by atoms with E-state index in [4.69, 9.17) is 4.42 Å². The molecule has 1 heterocycles. The van der Waals surface area contributed by atoms with Gasteiger partial charge in [-0.15, -0.1) is 0 Å². The fraction of sp³-hybridized carbons (Fsp3) is 0.267. The van der Waals surface area contributed by atoms with Crippen LogP contribution in [0, 0.1) is 6.92 Å². The molecular formula is C15H13F5N2O2. The summed E-state index contributed by atoms with van der Waals surface area (Å²) in [5, 5.41) is 4.46. The van der Waals surface area contributed by atoms with Crippen LogP contribution in [0.3, 0.4) is 0 Å². The molecule has 2 N–H and O–H groups in total. The third-order valence-electron chi connectivity index (χ3n) is 3.01. The van der Waals surface area contributed by atoms with E-state index in [-0.39, 0.29) is 12.2 Å².